The number of ketones is 1. The second-order valence-corrected chi connectivity index (χ2v) is 6.59. The minimum Gasteiger partial charge on any atom is -0.545 e. The van der Waals surface area contributed by atoms with Gasteiger partial charge in [-0.25, -0.2) is 4.68 Å². The fourth-order valence-corrected chi connectivity index (χ4v) is 3.09. The number of fused-ring (bicyclic) bond motifs is 1. The number of aromatic carboxylic acids is 1. The van der Waals surface area contributed by atoms with Gasteiger partial charge < -0.3 is 9.90 Å². The first-order valence-electron chi connectivity index (χ1n) is 7.22. The van der Waals surface area contributed by atoms with Crippen molar-refractivity contribution in [3.8, 4) is 5.69 Å². The van der Waals surface area contributed by atoms with Crippen LogP contribution < -0.4 is 5.11 Å². The van der Waals surface area contributed by atoms with Crippen LogP contribution >= 0.6 is 0 Å². The SMILES string of the molecule is Cc1nn(-c2ccc(C(=O)[O-])cc2)c2c1C(=O)CC(C)(C)C2. The Bertz CT molecular complexity index is 770. The van der Waals surface area contributed by atoms with E-state index in [4.69, 9.17) is 0 Å². The summed E-state index contributed by atoms with van der Waals surface area (Å²) >= 11 is 0. The molecule has 0 fully saturated rings. The number of aryl methyl sites for hydroxylation is 1. The largest absolute Gasteiger partial charge is 0.545 e. The summed E-state index contributed by atoms with van der Waals surface area (Å²) < 4.78 is 1.75. The average molecular weight is 297 g/mol. The van der Waals surface area contributed by atoms with Gasteiger partial charge >= 0.3 is 0 Å². The molecular weight excluding hydrogens is 280 g/mol. The Hall–Kier alpha value is -2.43. The van der Waals surface area contributed by atoms with Crippen LogP contribution in [0.3, 0.4) is 0 Å². The predicted molar refractivity (Wildman–Crippen MR) is 79.1 cm³/mol. The smallest absolute Gasteiger partial charge is 0.167 e. The Labute approximate surface area is 128 Å². The Morgan fingerprint density at radius 2 is 1.86 bits per heavy atom. The van der Waals surface area contributed by atoms with Crippen molar-refractivity contribution in [2.24, 2.45) is 5.41 Å². The van der Waals surface area contributed by atoms with Gasteiger partial charge in [-0.2, -0.15) is 5.10 Å². The molecule has 0 bridgehead atoms. The molecule has 0 amide bonds. The maximum absolute atomic E-state index is 12.4. The molecule has 1 aliphatic carbocycles. The van der Waals surface area contributed by atoms with E-state index in [2.05, 4.69) is 18.9 Å². The van der Waals surface area contributed by atoms with E-state index in [0.717, 1.165) is 23.5 Å². The summed E-state index contributed by atoms with van der Waals surface area (Å²) in [4.78, 5) is 23.2. The van der Waals surface area contributed by atoms with Crippen LogP contribution in [-0.2, 0) is 6.42 Å². The van der Waals surface area contributed by atoms with Crippen LogP contribution in [-0.4, -0.2) is 21.5 Å². The topological polar surface area (TPSA) is 75.0 Å². The van der Waals surface area contributed by atoms with Gasteiger partial charge in [0.2, 0.25) is 0 Å². The number of Topliss-reactive ketones (excluding diaryl/α,β-unsaturated/α-hetero) is 1. The van der Waals surface area contributed by atoms with E-state index in [1.54, 1.807) is 16.8 Å². The summed E-state index contributed by atoms with van der Waals surface area (Å²) in [5.41, 5.74) is 3.11. The second kappa shape index (κ2) is 4.80. The quantitative estimate of drug-likeness (QED) is 0.845. The molecule has 3 rings (SSSR count). The summed E-state index contributed by atoms with van der Waals surface area (Å²) in [5.74, 6) is -1.08. The highest BCUT2D eigenvalue weighted by molar-refractivity contribution is 5.99. The fraction of sp³-hybridized carbons (Fsp3) is 0.353. The summed E-state index contributed by atoms with van der Waals surface area (Å²) in [6, 6.07) is 6.35. The number of carbonyl (C=O) groups is 2. The van der Waals surface area contributed by atoms with Crippen LogP contribution in [0.5, 0.6) is 0 Å². The molecule has 0 saturated heterocycles. The summed E-state index contributed by atoms with van der Waals surface area (Å²) in [6.45, 7) is 5.97. The minimum atomic E-state index is -1.21. The van der Waals surface area contributed by atoms with E-state index in [-0.39, 0.29) is 16.8 Å². The molecule has 1 aliphatic rings. The van der Waals surface area contributed by atoms with Crippen molar-refractivity contribution >= 4 is 11.8 Å². The second-order valence-electron chi connectivity index (χ2n) is 6.59. The van der Waals surface area contributed by atoms with E-state index in [1.807, 2.05) is 6.92 Å². The third kappa shape index (κ3) is 2.32. The number of benzene rings is 1. The Morgan fingerprint density at radius 3 is 2.45 bits per heavy atom. The first kappa shape index (κ1) is 14.5. The molecule has 22 heavy (non-hydrogen) atoms. The van der Waals surface area contributed by atoms with Crippen LogP contribution in [0, 0.1) is 12.3 Å². The van der Waals surface area contributed by atoms with E-state index < -0.39 is 5.97 Å². The highest BCUT2D eigenvalue weighted by Crippen LogP contribution is 2.36. The molecule has 0 atom stereocenters. The minimum absolute atomic E-state index is 0.0980. The molecule has 1 heterocycles. The van der Waals surface area contributed by atoms with Gasteiger partial charge in [-0.05, 0) is 36.5 Å². The van der Waals surface area contributed by atoms with Gasteiger partial charge in [0.05, 0.1) is 28.6 Å². The number of aromatic nitrogens is 2. The molecule has 1 aromatic carbocycles. The maximum atomic E-state index is 12.4. The van der Waals surface area contributed by atoms with Crippen molar-refractivity contribution in [2.75, 3.05) is 0 Å². The van der Waals surface area contributed by atoms with E-state index in [0.29, 0.717) is 12.0 Å². The van der Waals surface area contributed by atoms with Gasteiger partial charge in [-0.3, -0.25) is 4.79 Å². The number of carbonyl (C=O) groups excluding carboxylic acids is 2. The zero-order valence-electron chi connectivity index (χ0n) is 12.8. The van der Waals surface area contributed by atoms with Gasteiger partial charge in [0.1, 0.15) is 0 Å². The van der Waals surface area contributed by atoms with Gasteiger partial charge in [0.25, 0.3) is 0 Å². The van der Waals surface area contributed by atoms with E-state index in [9.17, 15) is 14.7 Å². The van der Waals surface area contributed by atoms with Crippen molar-refractivity contribution in [3.63, 3.8) is 0 Å². The molecule has 0 unspecified atom stereocenters. The van der Waals surface area contributed by atoms with Crippen LogP contribution in [0.25, 0.3) is 5.69 Å². The van der Waals surface area contributed by atoms with Crippen LogP contribution in [0.1, 0.15) is 52.4 Å². The highest BCUT2D eigenvalue weighted by atomic mass is 16.4. The van der Waals surface area contributed by atoms with Gasteiger partial charge in [0.15, 0.2) is 5.78 Å². The molecule has 1 aromatic heterocycles. The molecule has 5 nitrogen and oxygen atoms in total. The highest BCUT2D eigenvalue weighted by Gasteiger charge is 2.35. The molecule has 0 spiro atoms. The average Bonchev–Trinajstić information content (AvgIpc) is 2.74. The summed E-state index contributed by atoms with van der Waals surface area (Å²) in [7, 11) is 0. The zero-order valence-corrected chi connectivity index (χ0v) is 12.8. The van der Waals surface area contributed by atoms with Crippen molar-refractivity contribution in [2.45, 2.75) is 33.6 Å². The molecule has 0 N–H and O–H groups in total. The van der Waals surface area contributed by atoms with Gasteiger partial charge in [-0.15, -0.1) is 0 Å². The first-order chi connectivity index (χ1) is 10.3. The number of rotatable bonds is 2. The van der Waals surface area contributed by atoms with Crippen LogP contribution in [0.2, 0.25) is 0 Å². The lowest BCUT2D eigenvalue weighted by molar-refractivity contribution is -0.255. The molecule has 0 radical (unpaired) electrons. The third-order valence-electron chi connectivity index (χ3n) is 4.07. The van der Waals surface area contributed by atoms with Gasteiger partial charge in [-0.1, -0.05) is 26.0 Å². The molecule has 0 saturated carbocycles. The van der Waals surface area contributed by atoms with Crippen LogP contribution in [0.15, 0.2) is 24.3 Å². The molecule has 2 aromatic rings. The van der Waals surface area contributed by atoms with Crippen molar-refractivity contribution < 1.29 is 14.7 Å². The van der Waals surface area contributed by atoms with Gasteiger partial charge in [0, 0.05) is 6.42 Å². The molecule has 114 valence electrons. The fourth-order valence-electron chi connectivity index (χ4n) is 3.09. The lowest BCUT2D eigenvalue weighted by Gasteiger charge is -2.29. The van der Waals surface area contributed by atoms with Crippen molar-refractivity contribution in [3.05, 3.63) is 46.8 Å². The van der Waals surface area contributed by atoms with Crippen molar-refractivity contribution in [1.29, 1.82) is 0 Å². The third-order valence-corrected chi connectivity index (χ3v) is 4.07. The Balaban J connectivity index is 2.11. The van der Waals surface area contributed by atoms with E-state index >= 15 is 0 Å². The maximum Gasteiger partial charge on any atom is 0.167 e. The lowest BCUT2D eigenvalue weighted by Crippen LogP contribution is -2.28. The first-order valence-corrected chi connectivity index (χ1v) is 7.22. The molecular formula is C17H17N2O3-. The number of carboxylic acids is 1. The number of hydrogen-bond donors (Lipinski definition) is 0. The number of carboxylic acid groups (broad SMARTS) is 1. The molecule has 5 heteroatoms. The summed E-state index contributed by atoms with van der Waals surface area (Å²) in [5, 5.41) is 15.3. The standard InChI is InChI=1S/C17H18N2O3/c1-10-15-13(8-17(2,3)9-14(15)20)19(18-10)12-6-4-11(5-7-12)16(21)22/h4-7H,8-9H2,1-3H3,(H,21,22)/p-1. The lowest BCUT2D eigenvalue weighted by atomic mass is 9.75. The Morgan fingerprint density at radius 1 is 1.23 bits per heavy atom. The number of nitrogens with zero attached hydrogens (tertiary/aromatic N) is 2. The van der Waals surface area contributed by atoms with Crippen molar-refractivity contribution in [1.82, 2.24) is 9.78 Å². The normalized spacial score (nSPS) is 16.4. The number of hydrogen-bond acceptors (Lipinski definition) is 4. The summed E-state index contributed by atoms with van der Waals surface area (Å²) in [6.07, 6.45) is 1.29. The van der Waals surface area contributed by atoms with E-state index in [1.165, 1.54) is 12.1 Å². The van der Waals surface area contributed by atoms with Crippen LogP contribution in [0.4, 0.5) is 0 Å². The Kier molecular flexibility index (Phi) is 3.16. The monoisotopic (exact) mass is 297 g/mol. The zero-order chi connectivity index (χ0) is 16.1. The predicted octanol–water partition coefficient (Wildman–Crippen LogP) is 1.70. The molecule has 0 aliphatic heterocycles.